The molecule has 2 heterocycles. The molecule has 0 amide bonds. The summed E-state index contributed by atoms with van der Waals surface area (Å²) in [7, 11) is 0. The molecule has 0 N–H and O–H groups in total. The molecule has 120 valence electrons. The third-order valence-corrected chi connectivity index (χ3v) is 4.65. The number of allylic oxidation sites excluding steroid dienone is 1. The average Bonchev–Trinajstić information content (AvgIpc) is 3.07. The molecule has 1 aliphatic heterocycles. The quantitative estimate of drug-likeness (QED) is 0.707. The molecule has 0 atom stereocenters. The number of fused-ring (bicyclic) bond motifs is 1. The van der Waals surface area contributed by atoms with E-state index in [-0.39, 0.29) is 11.1 Å². The van der Waals surface area contributed by atoms with Crippen LogP contribution in [0.25, 0.3) is 22.8 Å². The summed E-state index contributed by atoms with van der Waals surface area (Å²) in [5.74, 6) is 0. The number of nitrogens with zero attached hydrogens (tertiary/aromatic N) is 2. The minimum Gasteiger partial charge on any atom is -0.303 e. The Morgan fingerprint density at radius 3 is 2.28 bits per heavy atom. The first-order valence-electron chi connectivity index (χ1n) is 8.18. The van der Waals surface area contributed by atoms with E-state index in [9.17, 15) is 10.1 Å². The van der Waals surface area contributed by atoms with Crippen molar-refractivity contribution in [2.24, 2.45) is 0 Å². The molecule has 0 spiro atoms. The molecular weight excluding hydrogens is 308 g/mol. The number of aryl methyl sites for hydroxylation is 1. The predicted octanol–water partition coefficient (Wildman–Crippen LogP) is 4.25. The van der Waals surface area contributed by atoms with Gasteiger partial charge in [0, 0.05) is 5.69 Å². The van der Waals surface area contributed by atoms with Gasteiger partial charge >= 0.3 is 0 Å². The summed E-state index contributed by atoms with van der Waals surface area (Å²) in [6.07, 6.45) is 2.03. The minimum absolute atomic E-state index is 0.204. The van der Waals surface area contributed by atoms with Gasteiger partial charge in [-0.3, -0.25) is 4.79 Å². The Morgan fingerprint density at radius 2 is 1.60 bits per heavy atom. The molecule has 0 saturated heterocycles. The van der Waals surface area contributed by atoms with E-state index in [0.29, 0.717) is 6.54 Å². The van der Waals surface area contributed by atoms with Crippen LogP contribution in [0.4, 0.5) is 0 Å². The monoisotopic (exact) mass is 324 g/mol. The Hall–Kier alpha value is -3.38. The molecule has 1 aromatic heterocycles. The Labute approximate surface area is 146 Å². The molecule has 0 saturated carbocycles. The number of aromatic nitrogens is 1. The lowest BCUT2D eigenvalue weighted by Gasteiger charge is -2.07. The molecule has 3 nitrogen and oxygen atoms in total. The fourth-order valence-electron chi connectivity index (χ4n) is 3.29. The Balaban J connectivity index is 1.68. The molecule has 0 fully saturated rings. The van der Waals surface area contributed by atoms with Crippen LogP contribution in [0.1, 0.15) is 22.4 Å². The highest BCUT2D eigenvalue weighted by Crippen LogP contribution is 2.28. The van der Waals surface area contributed by atoms with Crippen LogP contribution in [0.15, 0.2) is 65.5 Å². The van der Waals surface area contributed by atoms with E-state index in [2.05, 4.69) is 36.4 Å². The van der Waals surface area contributed by atoms with Crippen LogP contribution in [0.2, 0.25) is 0 Å². The van der Waals surface area contributed by atoms with Gasteiger partial charge < -0.3 is 4.57 Å². The highest BCUT2D eigenvalue weighted by atomic mass is 16.1. The maximum atomic E-state index is 12.4. The van der Waals surface area contributed by atoms with Crippen LogP contribution in [0.3, 0.4) is 0 Å². The summed E-state index contributed by atoms with van der Waals surface area (Å²) in [5, 5.41) is 9.17. The lowest BCUT2D eigenvalue weighted by Crippen LogP contribution is -2.23. The van der Waals surface area contributed by atoms with Crippen LogP contribution < -0.4 is 5.56 Å². The summed E-state index contributed by atoms with van der Waals surface area (Å²) in [6, 6.07) is 22.5. The molecule has 4 rings (SSSR count). The van der Waals surface area contributed by atoms with Gasteiger partial charge in [0.05, 0.1) is 6.54 Å². The van der Waals surface area contributed by atoms with Crippen molar-refractivity contribution in [3.63, 3.8) is 0 Å². The molecule has 3 aromatic rings. The number of hydrogen-bond donors (Lipinski definition) is 0. The highest BCUT2D eigenvalue weighted by Gasteiger charge is 2.18. The van der Waals surface area contributed by atoms with Crippen molar-refractivity contribution in [2.75, 3.05) is 0 Å². The van der Waals surface area contributed by atoms with Crippen molar-refractivity contribution in [3.8, 4) is 17.2 Å². The van der Waals surface area contributed by atoms with Crippen molar-refractivity contribution in [2.45, 2.75) is 13.5 Å². The summed E-state index contributed by atoms with van der Waals surface area (Å²) >= 11 is 0. The van der Waals surface area contributed by atoms with Crippen molar-refractivity contribution < 1.29 is 0 Å². The van der Waals surface area contributed by atoms with Gasteiger partial charge in [-0.25, -0.2) is 0 Å². The maximum Gasteiger partial charge on any atom is 0.269 e. The molecule has 0 bridgehead atoms. The van der Waals surface area contributed by atoms with Crippen molar-refractivity contribution in [1.82, 2.24) is 4.57 Å². The molecule has 3 heteroatoms. The lowest BCUT2D eigenvalue weighted by atomic mass is 10.0. The second kappa shape index (κ2) is 5.92. The molecule has 0 aliphatic carbocycles. The topological polar surface area (TPSA) is 45.8 Å². The average molecular weight is 324 g/mol. The van der Waals surface area contributed by atoms with E-state index < -0.39 is 0 Å². The first-order valence-corrected chi connectivity index (χ1v) is 8.18. The van der Waals surface area contributed by atoms with Crippen LogP contribution in [0, 0.1) is 18.3 Å². The van der Waals surface area contributed by atoms with E-state index in [4.69, 9.17) is 0 Å². The second-order valence-electron chi connectivity index (χ2n) is 6.24. The molecule has 2 aromatic carbocycles. The van der Waals surface area contributed by atoms with Gasteiger partial charge in [0.15, 0.2) is 0 Å². The van der Waals surface area contributed by atoms with Crippen LogP contribution >= 0.6 is 0 Å². The maximum absolute atomic E-state index is 12.4. The van der Waals surface area contributed by atoms with E-state index in [1.165, 1.54) is 11.1 Å². The third-order valence-electron chi connectivity index (χ3n) is 4.65. The zero-order valence-corrected chi connectivity index (χ0v) is 13.9. The fourth-order valence-corrected chi connectivity index (χ4v) is 3.29. The number of pyridine rings is 1. The van der Waals surface area contributed by atoms with Crippen molar-refractivity contribution in [3.05, 3.63) is 93.4 Å². The van der Waals surface area contributed by atoms with Gasteiger partial charge in [-0.2, -0.15) is 5.26 Å². The first-order chi connectivity index (χ1) is 12.2. The van der Waals surface area contributed by atoms with Crippen LogP contribution in [-0.4, -0.2) is 4.57 Å². The molecule has 0 unspecified atom stereocenters. The van der Waals surface area contributed by atoms with Crippen LogP contribution in [0.5, 0.6) is 0 Å². The number of benzene rings is 2. The first kappa shape index (κ1) is 15.2. The van der Waals surface area contributed by atoms with E-state index in [1.54, 1.807) is 11.5 Å². The molecule has 0 radical (unpaired) electrons. The van der Waals surface area contributed by atoms with Gasteiger partial charge in [0.2, 0.25) is 0 Å². The largest absolute Gasteiger partial charge is 0.303 e. The summed E-state index contributed by atoms with van der Waals surface area (Å²) in [5.41, 5.74) is 6.16. The van der Waals surface area contributed by atoms with E-state index >= 15 is 0 Å². The summed E-state index contributed by atoms with van der Waals surface area (Å²) in [4.78, 5) is 12.4. The van der Waals surface area contributed by atoms with E-state index in [1.807, 2.05) is 36.4 Å². The van der Waals surface area contributed by atoms with E-state index in [0.717, 1.165) is 22.4 Å². The van der Waals surface area contributed by atoms with Crippen molar-refractivity contribution in [1.29, 1.82) is 5.26 Å². The standard InChI is InChI=1S/C22H16N2O/c1-15-11-20-12-19(14-24(20)22(25)21(15)13-23)18-9-7-17(8-10-18)16-5-3-2-4-6-16/h2-12H,14H2,1H3. The van der Waals surface area contributed by atoms with Gasteiger partial charge in [0.25, 0.3) is 5.56 Å². The highest BCUT2D eigenvalue weighted by molar-refractivity contribution is 5.84. The van der Waals surface area contributed by atoms with Gasteiger partial charge in [0.1, 0.15) is 11.6 Å². The zero-order valence-electron chi connectivity index (χ0n) is 13.9. The molecular formula is C22H16N2O. The normalized spacial score (nSPS) is 12.4. The predicted molar refractivity (Wildman–Crippen MR) is 99.9 cm³/mol. The molecule has 25 heavy (non-hydrogen) atoms. The summed E-state index contributed by atoms with van der Waals surface area (Å²) < 4.78 is 1.67. The minimum atomic E-state index is -0.204. The lowest BCUT2D eigenvalue weighted by molar-refractivity contribution is 0.796. The Bertz CT molecular complexity index is 1080. The van der Waals surface area contributed by atoms with Crippen molar-refractivity contribution >= 4 is 11.6 Å². The third kappa shape index (κ3) is 2.58. The number of hydrogen-bond acceptors (Lipinski definition) is 2. The summed E-state index contributed by atoms with van der Waals surface area (Å²) in [6.45, 7) is 2.31. The Kier molecular flexibility index (Phi) is 3.59. The van der Waals surface area contributed by atoms with Gasteiger partial charge in [-0.15, -0.1) is 0 Å². The Morgan fingerprint density at radius 1 is 0.960 bits per heavy atom. The molecule has 1 aliphatic rings. The number of rotatable bonds is 2. The van der Waals surface area contributed by atoms with Crippen LogP contribution in [-0.2, 0) is 6.54 Å². The fraction of sp³-hybridized carbons (Fsp3) is 0.0909. The SMILES string of the molecule is Cc1cc2n(c(=O)c1C#N)CC(c1ccc(-c3ccccc3)cc1)=C2. The van der Waals surface area contributed by atoms with Gasteiger partial charge in [-0.05, 0) is 46.9 Å². The second-order valence-corrected chi connectivity index (χ2v) is 6.24. The number of nitriles is 1. The van der Waals surface area contributed by atoms with Gasteiger partial charge in [-0.1, -0.05) is 54.6 Å². The smallest absolute Gasteiger partial charge is 0.269 e. The zero-order chi connectivity index (χ0) is 17.4.